The average molecular weight is 232 g/mol. The van der Waals surface area contributed by atoms with Crippen molar-refractivity contribution >= 4 is 18.2 Å². The summed E-state index contributed by atoms with van der Waals surface area (Å²) in [6.07, 6.45) is 0.471. The Bertz CT molecular complexity index is 311. The molecule has 0 bridgehead atoms. The molecule has 2 nitrogen and oxygen atoms in total. The lowest BCUT2D eigenvalue weighted by molar-refractivity contribution is 0.0972. The molecule has 0 amide bonds. The SMILES string of the molecule is CN(C)CCC(=O)c1ccc(F)cc1.Cl. The maximum absolute atomic E-state index is 12.5. The second-order valence-corrected chi connectivity index (χ2v) is 3.48. The smallest absolute Gasteiger partial charge is 0.164 e. The highest BCUT2D eigenvalue weighted by Crippen LogP contribution is 2.05. The van der Waals surface area contributed by atoms with E-state index >= 15 is 0 Å². The third-order valence-corrected chi connectivity index (χ3v) is 1.95. The Labute approximate surface area is 95.5 Å². The van der Waals surface area contributed by atoms with Crippen LogP contribution < -0.4 is 0 Å². The summed E-state index contributed by atoms with van der Waals surface area (Å²) < 4.78 is 12.5. The number of hydrogen-bond donors (Lipinski definition) is 0. The van der Waals surface area contributed by atoms with Gasteiger partial charge in [0.1, 0.15) is 5.82 Å². The summed E-state index contributed by atoms with van der Waals surface area (Å²) in [4.78, 5) is 13.5. The molecule has 0 aliphatic heterocycles. The highest BCUT2D eigenvalue weighted by molar-refractivity contribution is 5.96. The van der Waals surface area contributed by atoms with Crippen LogP contribution in [0, 0.1) is 5.82 Å². The molecule has 1 aromatic rings. The predicted molar refractivity (Wildman–Crippen MR) is 61.1 cm³/mol. The molecule has 1 rings (SSSR count). The van der Waals surface area contributed by atoms with E-state index in [1.807, 2.05) is 19.0 Å². The zero-order valence-corrected chi connectivity index (χ0v) is 9.68. The van der Waals surface area contributed by atoms with Crippen molar-refractivity contribution in [1.29, 1.82) is 0 Å². The van der Waals surface area contributed by atoms with Gasteiger partial charge in [0.2, 0.25) is 0 Å². The molecule has 0 aliphatic rings. The van der Waals surface area contributed by atoms with Crippen LogP contribution >= 0.6 is 12.4 Å². The number of benzene rings is 1. The standard InChI is InChI=1S/C11H14FNO.ClH/c1-13(2)8-7-11(14)9-3-5-10(12)6-4-9;/h3-6H,7-8H2,1-2H3;1H. The zero-order chi connectivity index (χ0) is 10.6. The summed E-state index contributed by atoms with van der Waals surface area (Å²) in [6, 6.07) is 5.66. The van der Waals surface area contributed by atoms with Gasteiger partial charge in [-0.2, -0.15) is 0 Å². The van der Waals surface area contributed by atoms with Gasteiger partial charge in [0, 0.05) is 18.5 Å². The van der Waals surface area contributed by atoms with Crippen molar-refractivity contribution in [2.75, 3.05) is 20.6 Å². The highest BCUT2D eigenvalue weighted by atomic mass is 35.5. The maximum Gasteiger partial charge on any atom is 0.164 e. The summed E-state index contributed by atoms with van der Waals surface area (Å²) in [5.74, 6) is -0.257. The molecule has 0 heterocycles. The topological polar surface area (TPSA) is 20.3 Å². The van der Waals surface area contributed by atoms with Gasteiger partial charge in [0.25, 0.3) is 0 Å². The molecule has 0 unspecified atom stereocenters. The minimum atomic E-state index is -0.311. The number of Topliss-reactive ketones (excluding diaryl/α,β-unsaturated/α-hetero) is 1. The summed E-state index contributed by atoms with van der Waals surface area (Å²) >= 11 is 0. The molecule has 15 heavy (non-hydrogen) atoms. The Morgan fingerprint density at radius 2 is 1.80 bits per heavy atom. The van der Waals surface area contributed by atoms with Crippen molar-refractivity contribution in [3.63, 3.8) is 0 Å². The van der Waals surface area contributed by atoms with Crippen LogP contribution in [0.15, 0.2) is 24.3 Å². The molecule has 0 saturated carbocycles. The largest absolute Gasteiger partial charge is 0.309 e. The van der Waals surface area contributed by atoms with E-state index in [2.05, 4.69) is 0 Å². The summed E-state index contributed by atoms with van der Waals surface area (Å²) in [6.45, 7) is 0.718. The first-order chi connectivity index (χ1) is 6.59. The first-order valence-electron chi connectivity index (χ1n) is 4.53. The minimum Gasteiger partial charge on any atom is -0.309 e. The van der Waals surface area contributed by atoms with Crippen molar-refractivity contribution in [3.05, 3.63) is 35.6 Å². The number of hydrogen-bond acceptors (Lipinski definition) is 2. The Morgan fingerprint density at radius 1 is 1.27 bits per heavy atom. The Hall–Kier alpha value is -0.930. The van der Waals surface area contributed by atoms with Crippen LogP contribution in [0.4, 0.5) is 4.39 Å². The van der Waals surface area contributed by atoms with Crippen LogP contribution in [0.2, 0.25) is 0 Å². The minimum absolute atomic E-state index is 0. The predicted octanol–water partition coefficient (Wildman–Crippen LogP) is 2.38. The van der Waals surface area contributed by atoms with Crippen molar-refractivity contribution in [2.24, 2.45) is 0 Å². The lowest BCUT2D eigenvalue weighted by Crippen LogP contribution is -2.16. The van der Waals surface area contributed by atoms with Crippen molar-refractivity contribution < 1.29 is 9.18 Å². The van der Waals surface area contributed by atoms with Crippen LogP contribution in [-0.2, 0) is 0 Å². The number of ketones is 1. The fraction of sp³-hybridized carbons (Fsp3) is 0.364. The molecular formula is C11H15ClFNO. The third kappa shape index (κ3) is 4.91. The van der Waals surface area contributed by atoms with E-state index in [-0.39, 0.29) is 24.0 Å². The molecule has 0 N–H and O–H groups in total. The molecular weight excluding hydrogens is 217 g/mol. The van der Waals surface area contributed by atoms with Crippen LogP contribution in [-0.4, -0.2) is 31.3 Å². The van der Waals surface area contributed by atoms with E-state index in [9.17, 15) is 9.18 Å². The van der Waals surface area contributed by atoms with Gasteiger partial charge < -0.3 is 4.90 Å². The first-order valence-corrected chi connectivity index (χ1v) is 4.53. The number of nitrogens with zero attached hydrogens (tertiary/aromatic N) is 1. The zero-order valence-electron chi connectivity index (χ0n) is 8.87. The molecule has 84 valence electrons. The lowest BCUT2D eigenvalue weighted by Gasteiger charge is -2.07. The van der Waals surface area contributed by atoms with Crippen molar-refractivity contribution in [3.8, 4) is 0 Å². The summed E-state index contributed by atoms with van der Waals surface area (Å²) in [5, 5.41) is 0. The molecule has 0 radical (unpaired) electrons. The molecule has 4 heteroatoms. The van der Waals surface area contributed by atoms with Gasteiger partial charge in [0.15, 0.2) is 5.78 Å². The average Bonchev–Trinajstić information content (AvgIpc) is 2.15. The van der Waals surface area contributed by atoms with E-state index in [0.717, 1.165) is 6.54 Å². The van der Waals surface area contributed by atoms with Gasteiger partial charge >= 0.3 is 0 Å². The van der Waals surface area contributed by atoms with Crippen LogP contribution in [0.3, 0.4) is 0 Å². The molecule has 0 saturated heterocycles. The molecule has 0 aromatic heterocycles. The molecule has 1 aromatic carbocycles. The van der Waals surface area contributed by atoms with E-state index < -0.39 is 0 Å². The van der Waals surface area contributed by atoms with Gasteiger partial charge in [0.05, 0.1) is 0 Å². The number of carbonyl (C=O) groups excluding carboxylic acids is 1. The van der Waals surface area contributed by atoms with Gasteiger partial charge in [-0.15, -0.1) is 12.4 Å². The third-order valence-electron chi connectivity index (χ3n) is 1.95. The fourth-order valence-electron chi connectivity index (χ4n) is 1.11. The van der Waals surface area contributed by atoms with E-state index in [4.69, 9.17) is 0 Å². The maximum atomic E-state index is 12.5. The number of halogens is 2. The Kier molecular flexibility index (Phi) is 6.13. The molecule has 0 fully saturated rings. The van der Waals surface area contributed by atoms with E-state index in [0.29, 0.717) is 12.0 Å². The first kappa shape index (κ1) is 14.1. The van der Waals surface area contributed by atoms with Crippen LogP contribution in [0.1, 0.15) is 16.8 Å². The Morgan fingerprint density at radius 3 is 2.27 bits per heavy atom. The van der Waals surface area contributed by atoms with Gasteiger partial charge in [-0.25, -0.2) is 4.39 Å². The second-order valence-electron chi connectivity index (χ2n) is 3.48. The Balaban J connectivity index is 0.00000196. The van der Waals surface area contributed by atoms with E-state index in [1.165, 1.54) is 24.3 Å². The quantitative estimate of drug-likeness (QED) is 0.742. The van der Waals surface area contributed by atoms with Crippen molar-refractivity contribution in [2.45, 2.75) is 6.42 Å². The number of carbonyl (C=O) groups is 1. The van der Waals surface area contributed by atoms with Crippen LogP contribution in [0.5, 0.6) is 0 Å². The van der Waals surface area contributed by atoms with Gasteiger partial charge in [-0.3, -0.25) is 4.79 Å². The monoisotopic (exact) mass is 231 g/mol. The van der Waals surface area contributed by atoms with Crippen molar-refractivity contribution in [1.82, 2.24) is 4.90 Å². The second kappa shape index (κ2) is 6.53. The molecule has 0 spiro atoms. The number of rotatable bonds is 4. The normalized spacial score (nSPS) is 9.87. The van der Waals surface area contributed by atoms with E-state index in [1.54, 1.807) is 0 Å². The lowest BCUT2D eigenvalue weighted by atomic mass is 10.1. The highest BCUT2D eigenvalue weighted by Gasteiger charge is 2.05. The molecule has 0 aliphatic carbocycles. The van der Waals surface area contributed by atoms with Crippen LogP contribution in [0.25, 0.3) is 0 Å². The molecule has 0 atom stereocenters. The summed E-state index contributed by atoms with van der Waals surface area (Å²) in [5.41, 5.74) is 0.577. The van der Waals surface area contributed by atoms with Gasteiger partial charge in [-0.1, -0.05) is 0 Å². The summed E-state index contributed by atoms with van der Waals surface area (Å²) in [7, 11) is 3.83. The fourth-order valence-corrected chi connectivity index (χ4v) is 1.11. The van der Waals surface area contributed by atoms with Gasteiger partial charge in [-0.05, 0) is 38.4 Å².